The van der Waals surface area contributed by atoms with Crippen LogP contribution in [-0.4, -0.2) is 41.9 Å². The fourth-order valence-electron chi connectivity index (χ4n) is 2.50. The molecule has 7 heteroatoms. The topological polar surface area (TPSA) is 75.5 Å². The fourth-order valence-corrected chi connectivity index (χ4v) is 3.08. The van der Waals surface area contributed by atoms with E-state index in [1.54, 1.807) is 6.07 Å². The predicted molar refractivity (Wildman–Crippen MR) is 88.4 cm³/mol. The van der Waals surface area contributed by atoms with Gasteiger partial charge in [-0.1, -0.05) is 6.92 Å². The first-order chi connectivity index (χ1) is 10.0. The molecule has 1 aliphatic heterocycles. The molecule has 1 saturated heterocycles. The number of hydrogen-bond donors (Lipinski definition) is 1. The highest BCUT2D eigenvalue weighted by molar-refractivity contribution is 14.1. The Balaban J connectivity index is 1.97. The summed E-state index contributed by atoms with van der Waals surface area (Å²) in [5.74, 6) is 0.225. The lowest BCUT2D eigenvalue weighted by molar-refractivity contribution is -0.384. The van der Waals surface area contributed by atoms with Gasteiger partial charge in [0.1, 0.15) is 0 Å². The molecule has 6 nitrogen and oxygen atoms in total. The molecule has 1 amide bonds. The lowest BCUT2D eigenvalue weighted by Gasteiger charge is -2.14. The van der Waals surface area contributed by atoms with Gasteiger partial charge in [-0.2, -0.15) is 0 Å². The minimum absolute atomic E-state index is 0.0569. The van der Waals surface area contributed by atoms with Crippen molar-refractivity contribution in [2.45, 2.75) is 13.3 Å². The number of amides is 1. The van der Waals surface area contributed by atoms with Crippen LogP contribution in [0.25, 0.3) is 0 Å². The monoisotopic (exact) mass is 403 g/mol. The van der Waals surface area contributed by atoms with Gasteiger partial charge in [0.2, 0.25) is 0 Å². The number of nitrogens with one attached hydrogen (secondary N) is 1. The number of non-ortho nitro benzene ring substituents is 1. The quantitative estimate of drug-likeness (QED) is 0.465. The molecule has 0 spiro atoms. The lowest BCUT2D eigenvalue weighted by Crippen LogP contribution is -2.31. The largest absolute Gasteiger partial charge is 0.352 e. The first-order valence-electron chi connectivity index (χ1n) is 6.95. The number of likely N-dealkylation sites (tertiary alicyclic amines) is 1. The third-order valence-electron chi connectivity index (χ3n) is 3.77. The third-order valence-corrected chi connectivity index (χ3v) is 4.71. The van der Waals surface area contributed by atoms with Crippen molar-refractivity contribution in [2.75, 3.05) is 26.2 Å². The SMILES string of the molecule is CCN1CCC(CNC(=O)c2cc([N+](=O)[O-])ccc2I)C1. The third kappa shape index (κ3) is 4.13. The van der Waals surface area contributed by atoms with E-state index in [0.29, 0.717) is 18.0 Å². The van der Waals surface area contributed by atoms with Crippen molar-refractivity contribution in [1.82, 2.24) is 10.2 Å². The van der Waals surface area contributed by atoms with E-state index in [2.05, 4.69) is 17.1 Å². The molecule has 1 atom stereocenters. The maximum absolute atomic E-state index is 12.2. The van der Waals surface area contributed by atoms with Crippen molar-refractivity contribution in [3.05, 3.63) is 37.4 Å². The summed E-state index contributed by atoms with van der Waals surface area (Å²) in [6.07, 6.45) is 1.08. The number of benzene rings is 1. The zero-order chi connectivity index (χ0) is 15.4. The van der Waals surface area contributed by atoms with E-state index in [4.69, 9.17) is 0 Å². The van der Waals surface area contributed by atoms with Gasteiger partial charge in [0, 0.05) is 28.8 Å². The number of hydrogen-bond acceptors (Lipinski definition) is 4. The molecule has 114 valence electrons. The van der Waals surface area contributed by atoms with Gasteiger partial charge in [-0.05, 0) is 54.1 Å². The van der Waals surface area contributed by atoms with E-state index < -0.39 is 4.92 Å². The Hall–Kier alpha value is -1.22. The number of nitro benzene ring substituents is 1. The molecular weight excluding hydrogens is 385 g/mol. The van der Waals surface area contributed by atoms with E-state index in [1.807, 2.05) is 22.6 Å². The van der Waals surface area contributed by atoms with Gasteiger partial charge in [0.25, 0.3) is 11.6 Å². The molecule has 1 unspecified atom stereocenters. The standard InChI is InChI=1S/C14H18IN3O3/c1-2-17-6-5-10(9-17)8-16-14(19)12-7-11(18(20)21)3-4-13(12)15/h3-4,7,10H,2,5-6,8-9H2,1H3,(H,16,19). The second-order valence-electron chi connectivity index (χ2n) is 5.18. The molecule has 0 saturated carbocycles. The van der Waals surface area contributed by atoms with Crippen LogP contribution in [0.1, 0.15) is 23.7 Å². The molecule has 0 aromatic heterocycles. The maximum atomic E-state index is 12.2. The molecule has 1 aromatic rings. The number of carbonyl (C=O) groups excluding carboxylic acids is 1. The van der Waals surface area contributed by atoms with E-state index in [1.165, 1.54) is 12.1 Å². The van der Waals surface area contributed by atoms with Crippen LogP contribution in [0.4, 0.5) is 5.69 Å². The minimum atomic E-state index is -0.483. The highest BCUT2D eigenvalue weighted by Gasteiger charge is 2.22. The molecule has 0 bridgehead atoms. The summed E-state index contributed by atoms with van der Waals surface area (Å²) in [5.41, 5.74) is 0.314. The van der Waals surface area contributed by atoms with Crippen molar-refractivity contribution >= 4 is 34.2 Å². The van der Waals surface area contributed by atoms with Crippen LogP contribution in [0.3, 0.4) is 0 Å². The summed E-state index contributed by atoms with van der Waals surface area (Å²) in [6.45, 7) is 5.86. The molecule has 1 N–H and O–H groups in total. The van der Waals surface area contributed by atoms with Crippen molar-refractivity contribution in [3.63, 3.8) is 0 Å². The lowest BCUT2D eigenvalue weighted by atomic mass is 10.1. The summed E-state index contributed by atoms with van der Waals surface area (Å²) < 4.78 is 0.720. The molecule has 2 rings (SSSR count). The number of halogens is 1. The van der Waals surface area contributed by atoms with Gasteiger partial charge >= 0.3 is 0 Å². The normalized spacial score (nSPS) is 18.7. The predicted octanol–water partition coefficient (Wildman–Crippen LogP) is 2.27. The van der Waals surface area contributed by atoms with Gasteiger partial charge in [-0.3, -0.25) is 14.9 Å². The average Bonchev–Trinajstić information content (AvgIpc) is 2.93. The van der Waals surface area contributed by atoms with E-state index >= 15 is 0 Å². The van der Waals surface area contributed by atoms with Gasteiger partial charge in [0.05, 0.1) is 10.5 Å². The second-order valence-corrected chi connectivity index (χ2v) is 6.34. The van der Waals surface area contributed by atoms with Crippen molar-refractivity contribution < 1.29 is 9.72 Å². The molecular formula is C14H18IN3O3. The first-order valence-corrected chi connectivity index (χ1v) is 8.03. The zero-order valence-corrected chi connectivity index (χ0v) is 14.0. The number of carbonyl (C=O) groups is 1. The van der Waals surface area contributed by atoms with E-state index in [0.717, 1.165) is 29.6 Å². The summed E-state index contributed by atoms with van der Waals surface area (Å²) in [5, 5.41) is 13.7. The number of rotatable bonds is 5. The molecule has 21 heavy (non-hydrogen) atoms. The van der Waals surface area contributed by atoms with Crippen molar-refractivity contribution in [2.24, 2.45) is 5.92 Å². The van der Waals surface area contributed by atoms with Gasteiger partial charge in [-0.15, -0.1) is 0 Å². The Morgan fingerprint density at radius 3 is 2.95 bits per heavy atom. The molecule has 0 aliphatic carbocycles. The Morgan fingerprint density at radius 1 is 1.57 bits per heavy atom. The summed E-state index contributed by atoms with van der Waals surface area (Å²) in [4.78, 5) is 24.9. The Kier molecular flexibility index (Phi) is 5.51. The van der Waals surface area contributed by atoms with E-state index in [9.17, 15) is 14.9 Å². The highest BCUT2D eigenvalue weighted by atomic mass is 127. The van der Waals surface area contributed by atoms with Crippen LogP contribution >= 0.6 is 22.6 Å². The summed E-state index contributed by atoms with van der Waals surface area (Å²) >= 11 is 2.02. The molecule has 1 fully saturated rings. The fraction of sp³-hybridized carbons (Fsp3) is 0.500. The van der Waals surface area contributed by atoms with Gasteiger partial charge < -0.3 is 10.2 Å². The smallest absolute Gasteiger partial charge is 0.270 e. The first kappa shape index (κ1) is 16.2. The highest BCUT2D eigenvalue weighted by Crippen LogP contribution is 2.20. The van der Waals surface area contributed by atoms with Crippen molar-refractivity contribution in [3.8, 4) is 0 Å². The molecule has 1 aromatic carbocycles. The zero-order valence-electron chi connectivity index (χ0n) is 11.8. The van der Waals surface area contributed by atoms with Gasteiger partial charge in [0.15, 0.2) is 0 Å². The molecule has 1 heterocycles. The van der Waals surface area contributed by atoms with Gasteiger partial charge in [-0.25, -0.2) is 0 Å². The van der Waals surface area contributed by atoms with Crippen LogP contribution in [-0.2, 0) is 0 Å². The van der Waals surface area contributed by atoms with Crippen LogP contribution in [0.5, 0.6) is 0 Å². The maximum Gasteiger partial charge on any atom is 0.270 e. The van der Waals surface area contributed by atoms with Crippen LogP contribution in [0.2, 0.25) is 0 Å². The summed E-state index contributed by atoms with van der Waals surface area (Å²) in [6, 6.07) is 4.35. The number of nitro groups is 1. The number of nitrogens with zero attached hydrogens (tertiary/aromatic N) is 2. The van der Waals surface area contributed by atoms with Crippen LogP contribution in [0, 0.1) is 19.6 Å². The van der Waals surface area contributed by atoms with E-state index in [-0.39, 0.29) is 11.6 Å². The van der Waals surface area contributed by atoms with Crippen molar-refractivity contribution in [1.29, 1.82) is 0 Å². The Labute approximate surface area is 137 Å². The van der Waals surface area contributed by atoms with Crippen LogP contribution in [0.15, 0.2) is 18.2 Å². The molecule has 0 radical (unpaired) electrons. The molecule has 1 aliphatic rings. The minimum Gasteiger partial charge on any atom is -0.352 e. The summed E-state index contributed by atoms with van der Waals surface area (Å²) in [7, 11) is 0. The second kappa shape index (κ2) is 7.17. The Bertz CT molecular complexity index is 550. The Morgan fingerprint density at radius 2 is 2.33 bits per heavy atom. The van der Waals surface area contributed by atoms with Crippen LogP contribution < -0.4 is 5.32 Å². The average molecular weight is 403 g/mol.